The van der Waals surface area contributed by atoms with Gasteiger partial charge in [-0.25, -0.2) is 17.6 Å². The van der Waals surface area contributed by atoms with Gasteiger partial charge in [0.1, 0.15) is 17.1 Å². The topological polar surface area (TPSA) is 164 Å². The minimum Gasteiger partial charge on any atom is -0.480 e. The van der Waals surface area contributed by atoms with E-state index >= 15 is 0 Å². The predicted octanol–water partition coefficient (Wildman–Crippen LogP) is 0.304. The van der Waals surface area contributed by atoms with Crippen molar-refractivity contribution in [2.45, 2.75) is 30.3 Å². The smallest absolute Gasteiger partial charge is 0.480 e. The summed E-state index contributed by atoms with van der Waals surface area (Å²) in [5.41, 5.74) is 5.56. The highest BCUT2D eigenvalue weighted by atomic mass is 32.2. The van der Waals surface area contributed by atoms with Crippen molar-refractivity contribution in [1.29, 1.82) is 0 Å². The Labute approximate surface area is 155 Å². The first-order chi connectivity index (χ1) is 12.6. The molecule has 0 spiro atoms. The zero-order valence-corrected chi connectivity index (χ0v) is 14.6. The number of nitrogens with two attached hydrogens (primary N) is 1. The lowest BCUT2D eigenvalue weighted by Gasteiger charge is -2.12. The molecule has 28 heavy (non-hydrogen) atoms. The van der Waals surface area contributed by atoms with E-state index in [1.165, 1.54) is 12.1 Å². The molecule has 156 valence electrons. The maximum atomic E-state index is 14.0. The van der Waals surface area contributed by atoms with Gasteiger partial charge in [0, 0.05) is 5.56 Å². The van der Waals surface area contributed by atoms with Crippen LogP contribution in [0.4, 0.5) is 17.6 Å². The van der Waals surface area contributed by atoms with Crippen molar-refractivity contribution in [1.82, 2.24) is 4.72 Å². The Morgan fingerprint density at radius 3 is 2.18 bits per heavy atom. The van der Waals surface area contributed by atoms with Crippen molar-refractivity contribution in [3.63, 3.8) is 0 Å². The summed E-state index contributed by atoms with van der Waals surface area (Å²) in [4.78, 5) is 30.7. The molecular formula is C14H14F4N2O7S. The number of rotatable bonds is 4. The number of halogens is 4. The van der Waals surface area contributed by atoms with Crippen molar-refractivity contribution >= 4 is 27.9 Å². The Balaban J connectivity index is 0.000000480. The van der Waals surface area contributed by atoms with Crippen LogP contribution in [0, 0.1) is 5.82 Å². The summed E-state index contributed by atoms with van der Waals surface area (Å²) < 4.78 is 70.9. The number of alkyl halides is 3. The maximum absolute atomic E-state index is 14.0. The van der Waals surface area contributed by atoms with Crippen LogP contribution >= 0.6 is 0 Å². The van der Waals surface area contributed by atoms with E-state index in [4.69, 9.17) is 20.7 Å². The number of carboxylic acids is 2. The average Bonchev–Trinajstić information content (AvgIpc) is 2.79. The number of carbonyl (C=O) groups excluding carboxylic acids is 1. The van der Waals surface area contributed by atoms with Crippen molar-refractivity contribution in [2.24, 2.45) is 5.73 Å². The van der Waals surface area contributed by atoms with Crippen LogP contribution in [0.2, 0.25) is 0 Å². The minimum atomic E-state index is -5.08. The SMILES string of the molecule is N[C@@H](Cc1ccc(C2CC(=O)NS2(=O)=O)c(F)c1)C(=O)O.O=C(O)C(F)(F)F. The third kappa shape index (κ3) is 6.16. The molecule has 1 amide bonds. The molecule has 1 aliphatic rings. The standard InChI is InChI=1S/C12H13FN2O5S.C2HF3O2/c13-8-3-6(4-9(14)12(17)18)1-2-7(8)10-5-11(16)15-21(10,19)20;3-2(4,5)1(6)7/h1-3,9-10H,4-5,14H2,(H,15,16)(H,17,18);(H,6,7)/t9-,10?;/m0./s1. The van der Waals surface area contributed by atoms with Gasteiger partial charge in [-0.3, -0.25) is 14.3 Å². The molecule has 2 rings (SSSR count). The van der Waals surface area contributed by atoms with Crippen molar-refractivity contribution in [3.8, 4) is 0 Å². The highest BCUT2D eigenvalue weighted by molar-refractivity contribution is 7.90. The quantitative estimate of drug-likeness (QED) is 0.496. The summed E-state index contributed by atoms with van der Waals surface area (Å²) in [6, 6.07) is 2.51. The second-order valence-corrected chi connectivity index (χ2v) is 7.43. The van der Waals surface area contributed by atoms with Crippen LogP contribution in [0.1, 0.15) is 22.8 Å². The first-order valence-corrected chi connectivity index (χ1v) is 8.81. The second-order valence-electron chi connectivity index (χ2n) is 5.57. The Kier molecular flexibility index (Phi) is 7.09. The fourth-order valence-corrected chi connectivity index (χ4v) is 3.57. The molecule has 0 aromatic heterocycles. The maximum Gasteiger partial charge on any atom is 0.490 e. The lowest BCUT2D eigenvalue weighted by Crippen LogP contribution is -2.32. The van der Waals surface area contributed by atoms with E-state index in [1.54, 1.807) is 4.72 Å². The van der Waals surface area contributed by atoms with Gasteiger partial charge < -0.3 is 15.9 Å². The van der Waals surface area contributed by atoms with Gasteiger partial charge in [-0.2, -0.15) is 13.2 Å². The highest BCUT2D eigenvalue weighted by Crippen LogP contribution is 2.32. The predicted molar refractivity (Wildman–Crippen MR) is 83.8 cm³/mol. The molecule has 14 heteroatoms. The van der Waals surface area contributed by atoms with Crippen LogP contribution in [0.3, 0.4) is 0 Å². The van der Waals surface area contributed by atoms with Crippen LogP contribution < -0.4 is 10.5 Å². The van der Waals surface area contributed by atoms with Gasteiger partial charge in [-0.05, 0) is 18.1 Å². The lowest BCUT2D eigenvalue weighted by atomic mass is 10.0. The molecule has 2 atom stereocenters. The lowest BCUT2D eigenvalue weighted by molar-refractivity contribution is -0.192. The highest BCUT2D eigenvalue weighted by Gasteiger charge is 2.39. The van der Waals surface area contributed by atoms with Gasteiger partial charge in [0.15, 0.2) is 0 Å². The number of carbonyl (C=O) groups is 3. The number of amides is 1. The van der Waals surface area contributed by atoms with Crippen LogP contribution in [0.5, 0.6) is 0 Å². The molecule has 5 N–H and O–H groups in total. The summed E-state index contributed by atoms with van der Waals surface area (Å²) in [5.74, 6) is -5.47. The molecule has 1 fully saturated rings. The molecular weight excluding hydrogens is 416 g/mol. The van der Waals surface area contributed by atoms with Crippen molar-refractivity contribution in [3.05, 3.63) is 35.1 Å². The largest absolute Gasteiger partial charge is 0.490 e. The first-order valence-electron chi connectivity index (χ1n) is 7.26. The van der Waals surface area contributed by atoms with Gasteiger partial charge in [0.2, 0.25) is 15.9 Å². The monoisotopic (exact) mass is 430 g/mol. The zero-order chi connectivity index (χ0) is 21.9. The molecule has 0 radical (unpaired) electrons. The minimum absolute atomic E-state index is 0.0822. The first kappa shape index (κ1) is 23.3. The number of nitrogens with one attached hydrogen (secondary N) is 1. The molecule has 1 saturated heterocycles. The molecule has 0 aliphatic carbocycles. The zero-order valence-electron chi connectivity index (χ0n) is 13.7. The Morgan fingerprint density at radius 1 is 1.29 bits per heavy atom. The summed E-state index contributed by atoms with van der Waals surface area (Å²) in [7, 11) is -3.92. The Bertz CT molecular complexity index is 886. The van der Waals surface area contributed by atoms with Gasteiger partial charge in [-0.1, -0.05) is 12.1 Å². The molecule has 0 saturated carbocycles. The van der Waals surface area contributed by atoms with E-state index in [2.05, 4.69) is 0 Å². The third-order valence-electron chi connectivity index (χ3n) is 3.43. The van der Waals surface area contributed by atoms with E-state index in [0.717, 1.165) is 6.07 Å². The van der Waals surface area contributed by atoms with E-state index in [0.29, 0.717) is 5.56 Å². The van der Waals surface area contributed by atoms with E-state index < -0.39 is 51.2 Å². The number of hydrogen-bond donors (Lipinski definition) is 4. The Hall–Kier alpha value is -2.74. The summed E-state index contributed by atoms with van der Waals surface area (Å²) >= 11 is 0. The summed E-state index contributed by atoms with van der Waals surface area (Å²) in [6.45, 7) is 0. The summed E-state index contributed by atoms with van der Waals surface area (Å²) in [6.07, 6.45) is -5.51. The normalized spacial score (nSPS) is 19.2. The van der Waals surface area contributed by atoms with Gasteiger partial charge in [0.05, 0.1) is 6.42 Å². The molecule has 0 bridgehead atoms. The fourth-order valence-electron chi connectivity index (χ4n) is 2.13. The molecule has 9 nitrogen and oxygen atoms in total. The van der Waals surface area contributed by atoms with Crippen LogP contribution in [0.25, 0.3) is 0 Å². The number of aliphatic carboxylic acids is 2. The third-order valence-corrected chi connectivity index (χ3v) is 5.11. The molecule has 1 heterocycles. The van der Waals surface area contributed by atoms with Crippen molar-refractivity contribution < 1.29 is 50.6 Å². The number of hydrogen-bond acceptors (Lipinski definition) is 6. The fraction of sp³-hybridized carbons (Fsp3) is 0.357. The van der Waals surface area contributed by atoms with E-state index in [9.17, 15) is 35.6 Å². The molecule has 1 aromatic carbocycles. The Morgan fingerprint density at radius 2 is 1.82 bits per heavy atom. The van der Waals surface area contributed by atoms with E-state index in [-0.39, 0.29) is 18.4 Å². The van der Waals surface area contributed by atoms with E-state index in [1.807, 2.05) is 0 Å². The number of benzene rings is 1. The van der Waals surface area contributed by atoms with Crippen LogP contribution in [-0.2, 0) is 30.8 Å². The average molecular weight is 430 g/mol. The summed E-state index contributed by atoms with van der Waals surface area (Å²) in [5, 5.41) is 14.5. The van der Waals surface area contributed by atoms with Crippen LogP contribution in [0.15, 0.2) is 18.2 Å². The number of carboxylic acid groups (broad SMARTS) is 2. The number of sulfonamides is 1. The van der Waals surface area contributed by atoms with Gasteiger partial charge in [-0.15, -0.1) is 0 Å². The van der Waals surface area contributed by atoms with Crippen LogP contribution in [-0.4, -0.2) is 48.7 Å². The second kappa shape index (κ2) is 8.52. The molecule has 1 unspecified atom stereocenters. The molecule has 1 aliphatic heterocycles. The van der Waals surface area contributed by atoms with Crippen molar-refractivity contribution in [2.75, 3.05) is 0 Å². The molecule has 1 aromatic rings. The van der Waals surface area contributed by atoms with Gasteiger partial charge in [0.25, 0.3) is 0 Å². The van der Waals surface area contributed by atoms with Gasteiger partial charge >= 0.3 is 18.1 Å².